The number of hydrogen-bond donors (Lipinski definition) is 2. The molecule has 2 aromatic carbocycles. The summed E-state index contributed by atoms with van der Waals surface area (Å²) in [7, 11) is 3.07. The molecule has 0 aliphatic carbocycles. The van der Waals surface area contributed by atoms with E-state index in [0.717, 1.165) is 0 Å². The molecule has 0 heterocycles. The summed E-state index contributed by atoms with van der Waals surface area (Å²) < 4.78 is 15.4. The molecule has 0 radical (unpaired) electrons. The van der Waals surface area contributed by atoms with Gasteiger partial charge in [0.25, 0.3) is 0 Å². The topological polar surface area (TPSA) is 94.1 Å². The van der Waals surface area contributed by atoms with Crippen molar-refractivity contribution in [2.24, 2.45) is 0 Å². The largest absolute Gasteiger partial charge is 0.497 e. The molecule has 0 aliphatic heterocycles. The number of nitrogens with one attached hydrogen (secondary N) is 1. The highest BCUT2D eigenvalue weighted by molar-refractivity contribution is 5.89. The minimum Gasteiger partial charge on any atom is -0.497 e. The first-order valence-electron chi connectivity index (χ1n) is 7.01. The van der Waals surface area contributed by atoms with Crippen molar-refractivity contribution in [1.82, 2.24) is 0 Å². The molecule has 2 aromatic rings. The zero-order valence-electron chi connectivity index (χ0n) is 13.2. The maximum atomic E-state index is 11.8. The first-order valence-corrected chi connectivity index (χ1v) is 7.01. The lowest BCUT2D eigenvalue weighted by Crippen LogP contribution is -2.13. The molecule has 1 amide bonds. The molecule has 0 aromatic heterocycles. The predicted molar refractivity (Wildman–Crippen MR) is 86.8 cm³/mol. The summed E-state index contributed by atoms with van der Waals surface area (Å²) >= 11 is 0. The summed E-state index contributed by atoms with van der Waals surface area (Å²) in [6.45, 7) is 0.0343. The van der Waals surface area contributed by atoms with Gasteiger partial charge in [-0.15, -0.1) is 0 Å². The van der Waals surface area contributed by atoms with Crippen LogP contribution >= 0.6 is 0 Å². The quantitative estimate of drug-likeness (QED) is 0.844. The Labute approximate surface area is 138 Å². The number of carbonyl (C=O) groups is 2. The second-order valence-electron chi connectivity index (χ2n) is 4.80. The van der Waals surface area contributed by atoms with Gasteiger partial charge in [-0.05, 0) is 42.0 Å². The van der Waals surface area contributed by atoms with Gasteiger partial charge in [0.15, 0.2) is 0 Å². The number of carboxylic acids is 1. The van der Waals surface area contributed by atoms with Crippen LogP contribution in [-0.2, 0) is 11.3 Å². The van der Waals surface area contributed by atoms with Gasteiger partial charge in [-0.3, -0.25) is 5.32 Å². The average Bonchev–Trinajstić information content (AvgIpc) is 2.60. The van der Waals surface area contributed by atoms with Gasteiger partial charge in [0, 0.05) is 11.8 Å². The van der Waals surface area contributed by atoms with Gasteiger partial charge in [0.1, 0.15) is 18.1 Å². The summed E-state index contributed by atoms with van der Waals surface area (Å²) in [6.07, 6.45) is -0.653. The van der Waals surface area contributed by atoms with Crippen molar-refractivity contribution in [3.63, 3.8) is 0 Å². The summed E-state index contributed by atoms with van der Waals surface area (Å²) in [5, 5.41) is 11.3. The normalized spacial score (nSPS) is 9.92. The van der Waals surface area contributed by atoms with Gasteiger partial charge in [-0.25, -0.2) is 9.59 Å². The number of hydrogen-bond acceptors (Lipinski definition) is 5. The fourth-order valence-corrected chi connectivity index (χ4v) is 1.95. The highest BCUT2D eigenvalue weighted by Gasteiger charge is 2.08. The maximum absolute atomic E-state index is 11.8. The zero-order chi connectivity index (χ0) is 17.5. The Morgan fingerprint density at radius 2 is 1.58 bits per heavy atom. The lowest BCUT2D eigenvalue weighted by atomic mass is 10.2. The van der Waals surface area contributed by atoms with Crippen molar-refractivity contribution in [2.75, 3.05) is 19.5 Å². The van der Waals surface area contributed by atoms with Crippen molar-refractivity contribution in [3.05, 3.63) is 53.6 Å². The first kappa shape index (κ1) is 17.1. The van der Waals surface area contributed by atoms with Crippen molar-refractivity contribution in [2.45, 2.75) is 6.61 Å². The Kier molecular flexibility index (Phi) is 5.62. The molecule has 0 bridgehead atoms. The number of aromatic carboxylic acids is 1. The Balaban J connectivity index is 1.94. The molecule has 0 unspecified atom stereocenters. The van der Waals surface area contributed by atoms with Crippen LogP contribution in [0.25, 0.3) is 0 Å². The van der Waals surface area contributed by atoms with Crippen LogP contribution in [0.15, 0.2) is 42.5 Å². The Hall–Kier alpha value is -3.22. The van der Waals surface area contributed by atoms with Crippen molar-refractivity contribution < 1.29 is 28.9 Å². The van der Waals surface area contributed by atoms with E-state index in [0.29, 0.717) is 22.7 Å². The van der Waals surface area contributed by atoms with Gasteiger partial charge in [-0.1, -0.05) is 0 Å². The van der Waals surface area contributed by atoms with Crippen LogP contribution in [0.5, 0.6) is 11.5 Å². The molecule has 0 fully saturated rings. The highest BCUT2D eigenvalue weighted by Crippen LogP contribution is 2.23. The predicted octanol–water partition coefficient (Wildman–Crippen LogP) is 3.15. The number of benzene rings is 2. The summed E-state index contributed by atoms with van der Waals surface area (Å²) in [5.41, 5.74) is 1.29. The fraction of sp³-hybridized carbons (Fsp3) is 0.176. The van der Waals surface area contributed by atoms with Crippen LogP contribution in [0.2, 0.25) is 0 Å². The minimum atomic E-state index is -1.03. The molecule has 2 rings (SSSR count). The summed E-state index contributed by atoms with van der Waals surface area (Å²) in [6, 6.07) is 10.9. The Bertz CT molecular complexity index is 704. The number of ether oxygens (including phenoxy) is 3. The van der Waals surface area contributed by atoms with E-state index in [1.165, 1.54) is 38.5 Å². The van der Waals surface area contributed by atoms with Crippen LogP contribution in [0.3, 0.4) is 0 Å². The van der Waals surface area contributed by atoms with Gasteiger partial charge in [-0.2, -0.15) is 0 Å². The molecule has 0 aliphatic rings. The van der Waals surface area contributed by atoms with Crippen molar-refractivity contribution in [1.29, 1.82) is 0 Å². The van der Waals surface area contributed by atoms with E-state index in [-0.39, 0.29) is 12.2 Å². The molecule has 126 valence electrons. The standard InChI is InChI=1S/C17H17NO6/c1-22-14-7-11(8-15(9-14)23-2)10-24-17(21)18-13-5-3-12(4-6-13)16(19)20/h3-9H,10H2,1-2H3,(H,18,21)(H,19,20). The first-order chi connectivity index (χ1) is 11.5. The third-order valence-electron chi connectivity index (χ3n) is 3.16. The number of rotatable bonds is 6. The lowest BCUT2D eigenvalue weighted by molar-refractivity contribution is 0.0697. The second-order valence-corrected chi connectivity index (χ2v) is 4.80. The molecule has 24 heavy (non-hydrogen) atoms. The molecule has 2 N–H and O–H groups in total. The molecule has 0 atom stereocenters. The smallest absolute Gasteiger partial charge is 0.411 e. The molecular formula is C17H17NO6. The van der Waals surface area contributed by atoms with Crippen molar-refractivity contribution in [3.8, 4) is 11.5 Å². The minimum absolute atomic E-state index is 0.0343. The lowest BCUT2D eigenvalue weighted by Gasteiger charge is -2.10. The SMILES string of the molecule is COc1cc(COC(=O)Nc2ccc(C(=O)O)cc2)cc(OC)c1. The number of anilines is 1. The van der Waals surface area contributed by atoms with Crippen LogP contribution in [0, 0.1) is 0 Å². The van der Waals surface area contributed by atoms with Gasteiger partial charge >= 0.3 is 12.1 Å². The van der Waals surface area contributed by atoms with E-state index < -0.39 is 12.1 Å². The third kappa shape index (κ3) is 4.64. The molecule has 0 saturated carbocycles. The number of methoxy groups -OCH3 is 2. The Morgan fingerprint density at radius 1 is 1.00 bits per heavy atom. The molecule has 0 saturated heterocycles. The number of carboxylic acid groups (broad SMARTS) is 1. The molecular weight excluding hydrogens is 314 g/mol. The Morgan fingerprint density at radius 3 is 2.08 bits per heavy atom. The molecule has 7 heteroatoms. The third-order valence-corrected chi connectivity index (χ3v) is 3.16. The number of amides is 1. The average molecular weight is 331 g/mol. The van der Waals surface area contributed by atoms with E-state index in [9.17, 15) is 9.59 Å². The fourth-order valence-electron chi connectivity index (χ4n) is 1.95. The second kappa shape index (κ2) is 7.87. The van der Waals surface area contributed by atoms with E-state index in [1.54, 1.807) is 18.2 Å². The van der Waals surface area contributed by atoms with E-state index >= 15 is 0 Å². The van der Waals surface area contributed by atoms with Crippen LogP contribution in [-0.4, -0.2) is 31.4 Å². The summed E-state index contributed by atoms with van der Waals surface area (Å²) in [5.74, 6) is 0.159. The van der Waals surface area contributed by atoms with Crippen LogP contribution in [0.4, 0.5) is 10.5 Å². The van der Waals surface area contributed by atoms with Crippen LogP contribution < -0.4 is 14.8 Å². The number of carbonyl (C=O) groups excluding carboxylic acids is 1. The van der Waals surface area contributed by atoms with Crippen molar-refractivity contribution >= 4 is 17.7 Å². The van der Waals surface area contributed by atoms with Crippen LogP contribution in [0.1, 0.15) is 15.9 Å². The van der Waals surface area contributed by atoms with E-state index in [4.69, 9.17) is 19.3 Å². The molecule has 7 nitrogen and oxygen atoms in total. The van der Waals surface area contributed by atoms with Gasteiger partial charge in [0.05, 0.1) is 19.8 Å². The van der Waals surface area contributed by atoms with E-state index in [2.05, 4.69) is 5.32 Å². The van der Waals surface area contributed by atoms with Gasteiger partial charge in [0.2, 0.25) is 0 Å². The molecule has 0 spiro atoms. The highest BCUT2D eigenvalue weighted by atomic mass is 16.5. The monoisotopic (exact) mass is 331 g/mol. The zero-order valence-corrected chi connectivity index (χ0v) is 13.2. The summed E-state index contributed by atoms with van der Waals surface area (Å²) in [4.78, 5) is 22.6. The van der Waals surface area contributed by atoms with Gasteiger partial charge < -0.3 is 19.3 Å². The van der Waals surface area contributed by atoms with E-state index in [1.807, 2.05) is 0 Å². The maximum Gasteiger partial charge on any atom is 0.411 e.